The SMILES string of the molecule is O=C(O)CNCCOCCOCCOCCOCCOCCOCCOCCOCCOCCOCCOCCO. The number of hydrogen-bond donors (Lipinski definition) is 3. The lowest BCUT2D eigenvalue weighted by atomic mass is 10.6. The van der Waals surface area contributed by atoms with Crippen molar-refractivity contribution in [3.8, 4) is 0 Å². The molecule has 3 N–H and O–H groups in total. The summed E-state index contributed by atoms with van der Waals surface area (Å²) in [7, 11) is 0. The number of ether oxygens (including phenoxy) is 11. The van der Waals surface area contributed by atoms with Crippen molar-refractivity contribution in [2.45, 2.75) is 0 Å². The van der Waals surface area contributed by atoms with E-state index in [1.54, 1.807) is 0 Å². The largest absolute Gasteiger partial charge is 0.480 e. The molecule has 0 aromatic carbocycles. The summed E-state index contributed by atoms with van der Waals surface area (Å²) in [6.45, 7) is 10.9. The highest BCUT2D eigenvalue weighted by molar-refractivity contribution is 5.68. The van der Waals surface area contributed by atoms with Gasteiger partial charge in [-0.2, -0.15) is 0 Å². The lowest BCUT2D eigenvalue weighted by molar-refractivity contribution is -0.136. The van der Waals surface area contributed by atoms with Gasteiger partial charge in [0, 0.05) is 6.54 Å². The summed E-state index contributed by atoms with van der Waals surface area (Å²) in [6, 6.07) is 0. The van der Waals surface area contributed by atoms with E-state index in [4.69, 9.17) is 62.3 Å². The number of carboxylic acids is 1. The van der Waals surface area contributed by atoms with Crippen molar-refractivity contribution >= 4 is 5.97 Å². The molecule has 0 aliphatic rings. The highest BCUT2D eigenvalue weighted by Gasteiger charge is 1.97. The number of carboxylic acid groups (broad SMARTS) is 1. The molecule has 0 saturated heterocycles. The molecule has 0 aliphatic carbocycles. The molecule has 0 aliphatic heterocycles. The molecule has 0 fully saturated rings. The number of aliphatic hydroxyl groups is 1. The highest BCUT2D eigenvalue weighted by atomic mass is 16.6. The Morgan fingerprint density at radius 3 is 0.829 bits per heavy atom. The predicted octanol–water partition coefficient (Wildman–Crippen LogP) is -1.16. The average molecular weight is 604 g/mol. The van der Waals surface area contributed by atoms with Crippen molar-refractivity contribution in [1.82, 2.24) is 5.32 Å². The monoisotopic (exact) mass is 603 g/mol. The fourth-order valence-corrected chi connectivity index (χ4v) is 2.71. The normalized spacial score (nSPS) is 11.4. The number of rotatable bonds is 37. The minimum absolute atomic E-state index is 0.0213. The fraction of sp³-hybridized carbons (Fsp3) is 0.962. The Hall–Kier alpha value is -1.05. The standard InChI is InChI=1S/C26H53NO14/c28-2-4-32-6-8-34-10-12-36-14-16-38-18-20-40-22-24-41-23-21-39-19-17-37-15-13-35-11-9-33-7-5-31-3-1-27-25-26(29)30/h27-28H,1-25H2,(H,29,30). The maximum absolute atomic E-state index is 10.3. The zero-order valence-corrected chi connectivity index (χ0v) is 24.5. The third kappa shape index (κ3) is 39.0. The lowest BCUT2D eigenvalue weighted by Crippen LogP contribution is -2.26. The Bertz CT molecular complexity index is 507. The maximum Gasteiger partial charge on any atom is 0.317 e. The molecule has 0 rings (SSSR count). The summed E-state index contributed by atoms with van der Waals surface area (Å²) in [5, 5.41) is 19.8. The van der Waals surface area contributed by atoms with Crippen LogP contribution < -0.4 is 5.32 Å². The first-order chi connectivity index (χ1) is 20.3. The molecule has 0 spiro atoms. The van der Waals surface area contributed by atoms with Crippen molar-refractivity contribution in [3.05, 3.63) is 0 Å². The summed E-state index contributed by atoms with van der Waals surface area (Å²) < 4.78 is 59.0. The third-order valence-electron chi connectivity index (χ3n) is 4.66. The van der Waals surface area contributed by atoms with Gasteiger partial charge in [-0.25, -0.2) is 0 Å². The number of nitrogens with one attached hydrogen (secondary N) is 1. The Morgan fingerprint density at radius 1 is 0.390 bits per heavy atom. The molecule has 0 unspecified atom stereocenters. The first-order valence-electron chi connectivity index (χ1n) is 14.2. The van der Waals surface area contributed by atoms with Gasteiger partial charge in [-0.3, -0.25) is 4.79 Å². The van der Waals surface area contributed by atoms with E-state index in [0.29, 0.717) is 152 Å². The van der Waals surface area contributed by atoms with Gasteiger partial charge in [-0.05, 0) is 0 Å². The highest BCUT2D eigenvalue weighted by Crippen LogP contribution is 1.87. The van der Waals surface area contributed by atoms with Crippen LogP contribution in [0.1, 0.15) is 0 Å². The van der Waals surface area contributed by atoms with Crippen LogP contribution >= 0.6 is 0 Å². The Kier molecular flexibility index (Phi) is 36.0. The van der Waals surface area contributed by atoms with Gasteiger partial charge in [0.25, 0.3) is 0 Å². The van der Waals surface area contributed by atoms with E-state index in [-0.39, 0.29) is 13.2 Å². The molecule has 0 amide bonds. The second kappa shape index (κ2) is 37.0. The van der Waals surface area contributed by atoms with Gasteiger partial charge in [0.05, 0.1) is 159 Å². The predicted molar refractivity (Wildman–Crippen MR) is 147 cm³/mol. The van der Waals surface area contributed by atoms with Gasteiger partial charge in [0.2, 0.25) is 0 Å². The van der Waals surface area contributed by atoms with Gasteiger partial charge in [0.15, 0.2) is 0 Å². The summed E-state index contributed by atoms with van der Waals surface area (Å²) in [5.41, 5.74) is 0. The van der Waals surface area contributed by atoms with Crippen molar-refractivity contribution < 1.29 is 67.1 Å². The zero-order valence-electron chi connectivity index (χ0n) is 24.5. The van der Waals surface area contributed by atoms with Crippen molar-refractivity contribution in [1.29, 1.82) is 0 Å². The van der Waals surface area contributed by atoms with Crippen LogP contribution in [-0.4, -0.2) is 181 Å². The number of aliphatic hydroxyl groups excluding tert-OH is 1. The first kappa shape index (κ1) is 40.0. The van der Waals surface area contributed by atoms with Gasteiger partial charge in [-0.1, -0.05) is 0 Å². The fourth-order valence-electron chi connectivity index (χ4n) is 2.71. The van der Waals surface area contributed by atoms with Gasteiger partial charge in [0.1, 0.15) is 0 Å². The van der Waals surface area contributed by atoms with Crippen molar-refractivity contribution in [3.63, 3.8) is 0 Å². The van der Waals surface area contributed by atoms with Crippen molar-refractivity contribution in [2.24, 2.45) is 0 Å². The van der Waals surface area contributed by atoms with Crippen LogP contribution in [0, 0.1) is 0 Å². The van der Waals surface area contributed by atoms with Crippen LogP contribution in [0.5, 0.6) is 0 Å². The molecule has 0 bridgehead atoms. The molecule has 0 radical (unpaired) electrons. The minimum Gasteiger partial charge on any atom is -0.480 e. The molecular weight excluding hydrogens is 550 g/mol. The van der Waals surface area contributed by atoms with Crippen LogP contribution in [-0.2, 0) is 56.9 Å². The molecule has 0 aromatic rings. The zero-order chi connectivity index (χ0) is 29.7. The van der Waals surface area contributed by atoms with Crippen LogP contribution in [0.2, 0.25) is 0 Å². The summed E-state index contributed by atoms with van der Waals surface area (Å²) in [6.07, 6.45) is 0. The van der Waals surface area contributed by atoms with E-state index in [0.717, 1.165) is 0 Å². The summed E-state index contributed by atoms with van der Waals surface area (Å²) in [4.78, 5) is 10.3. The van der Waals surface area contributed by atoms with Crippen LogP contribution in [0.15, 0.2) is 0 Å². The molecule has 41 heavy (non-hydrogen) atoms. The van der Waals surface area contributed by atoms with Gasteiger partial charge >= 0.3 is 5.97 Å². The molecular formula is C26H53NO14. The molecule has 246 valence electrons. The molecule has 0 heterocycles. The molecule has 0 saturated carbocycles. The second-order valence-electron chi connectivity index (χ2n) is 8.03. The van der Waals surface area contributed by atoms with Gasteiger partial charge in [-0.15, -0.1) is 0 Å². The molecule has 15 heteroatoms. The topological polar surface area (TPSA) is 171 Å². The summed E-state index contributed by atoms with van der Waals surface area (Å²) in [5.74, 6) is -0.886. The van der Waals surface area contributed by atoms with Gasteiger partial charge < -0.3 is 67.6 Å². The quantitative estimate of drug-likeness (QED) is 0.0726. The van der Waals surface area contributed by atoms with E-state index < -0.39 is 5.97 Å². The number of aliphatic carboxylic acids is 1. The van der Waals surface area contributed by atoms with E-state index >= 15 is 0 Å². The lowest BCUT2D eigenvalue weighted by Gasteiger charge is -2.09. The van der Waals surface area contributed by atoms with E-state index in [1.807, 2.05) is 0 Å². The average Bonchev–Trinajstić information content (AvgIpc) is 2.97. The Morgan fingerprint density at radius 2 is 0.610 bits per heavy atom. The van der Waals surface area contributed by atoms with E-state index in [2.05, 4.69) is 5.32 Å². The Balaban J connectivity index is 3.03. The number of hydrogen-bond acceptors (Lipinski definition) is 14. The number of carbonyl (C=O) groups is 1. The van der Waals surface area contributed by atoms with E-state index in [1.165, 1.54) is 0 Å². The van der Waals surface area contributed by atoms with E-state index in [9.17, 15) is 4.79 Å². The second-order valence-corrected chi connectivity index (χ2v) is 8.03. The molecule has 0 aromatic heterocycles. The summed E-state index contributed by atoms with van der Waals surface area (Å²) >= 11 is 0. The molecule has 15 nitrogen and oxygen atoms in total. The van der Waals surface area contributed by atoms with Crippen molar-refractivity contribution in [2.75, 3.05) is 165 Å². The Labute approximate surface area is 243 Å². The third-order valence-corrected chi connectivity index (χ3v) is 4.66. The van der Waals surface area contributed by atoms with Crippen LogP contribution in [0.4, 0.5) is 0 Å². The minimum atomic E-state index is -0.886. The first-order valence-corrected chi connectivity index (χ1v) is 14.2. The maximum atomic E-state index is 10.3. The smallest absolute Gasteiger partial charge is 0.317 e. The van der Waals surface area contributed by atoms with Crippen LogP contribution in [0.25, 0.3) is 0 Å². The molecule has 0 atom stereocenters. The van der Waals surface area contributed by atoms with Crippen LogP contribution in [0.3, 0.4) is 0 Å².